The van der Waals surface area contributed by atoms with Crippen molar-refractivity contribution in [3.8, 4) is 0 Å². The number of aliphatic carboxylic acids is 1. The van der Waals surface area contributed by atoms with E-state index in [1.54, 1.807) is 13.8 Å². The quantitative estimate of drug-likeness (QED) is 0.680. The lowest BCUT2D eigenvalue weighted by atomic mass is 10.0. The van der Waals surface area contributed by atoms with Gasteiger partial charge in [0.15, 0.2) is 0 Å². The van der Waals surface area contributed by atoms with Crippen LogP contribution in [-0.4, -0.2) is 40.0 Å². The lowest BCUT2D eigenvalue weighted by Crippen LogP contribution is -2.54. The summed E-state index contributed by atoms with van der Waals surface area (Å²) < 4.78 is 0. The second kappa shape index (κ2) is 3.81. The molecule has 2 unspecified atom stereocenters. The molecule has 1 saturated heterocycles. The Labute approximate surface area is 89.2 Å². The van der Waals surface area contributed by atoms with Crippen molar-refractivity contribution < 1.29 is 14.7 Å². The highest BCUT2D eigenvalue weighted by atomic mass is 16.4. The maximum atomic E-state index is 11.9. The van der Waals surface area contributed by atoms with Gasteiger partial charge in [0.05, 0.1) is 5.54 Å². The zero-order chi connectivity index (χ0) is 11.8. The first-order valence-corrected chi connectivity index (χ1v) is 5.08. The maximum absolute atomic E-state index is 11.9. The van der Waals surface area contributed by atoms with Gasteiger partial charge in [0.25, 0.3) is 0 Å². The molecule has 1 amide bonds. The molecule has 0 aromatic heterocycles. The Bertz CT molecular complexity index is 283. The average Bonchev–Trinajstić information content (AvgIpc) is 2.43. The molecule has 1 aliphatic heterocycles. The number of nitrogens with two attached hydrogens (primary N) is 1. The number of hydrogen-bond donors (Lipinski definition) is 2. The zero-order valence-electron chi connectivity index (χ0n) is 9.36. The Morgan fingerprint density at radius 1 is 1.47 bits per heavy atom. The van der Waals surface area contributed by atoms with Gasteiger partial charge in [-0.3, -0.25) is 4.79 Å². The average molecular weight is 214 g/mol. The minimum atomic E-state index is -1.00. The van der Waals surface area contributed by atoms with E-state index in [0.717, 1.165) is 6.42 Å². The highest BCUT2D eigenvalue weighted by Gasteiger charge is 2.42. The number of carboxylic acid groups (broad SMARTS) is 1. The standard InChI is InChI=1S/C10H18N2O3/c1-6-4-5-12(7(6)8(13)14)9(15)10(2,3)11/h6-7H,4-5,11H2,1-3H3,(H,13,14). The van der Waals surface area contributed by atoms with Crippen LogP contribution >= 0.6 is 0 Å². The number of amides is 1. The van der Waals surface area contributed by atoms with Crippen molar-refractivity contribution in [1.82, 2.24) is 4.90 Å². The molecule has 5 nitrogen and oxygen atoms in total. The molecular formula is C10H18N2O3. The molecule has 0 bridgehead atoms. The van der Waals surface area contributed by atoms with Gasteiger partial charge in [-0.05, 0) is 26.2 Å². The number of rotatable bonds is 2. The minimum Gasteiger partial charge on any atom is -0.480 e. The van der Waals surface area contributed by atoms with Crippen molar-refractivity contribution in [1.29, 1.82) is 0 Å². The topological polar surface area (TPSA) is 83.6 Å². The number of hydrogen-bond acceptors (Lipinski definition) is 3. The second-order valence-electron chi connectivity index (χ2n) is 4.77. The Morgan fingerprint density at radius 3 is 2.40 bits per heavy atom. The van der Waals surface area contributed by atoms with Gasteiger partial charge in [-0.15, -0.1) is 0 Å². The van der Waals surface area contributed by atoms with Crippen LogP contribution < -0.4 is 5.73 Å². The molecule has 3 N–H and O–H groups in total. The number of carbonyl (C=O) groups is 2. The van der Waals surface area contributed by atoms with Gasteiger partial charge in [0, 0.05) is 6.54 Å². The molecule has 1 heterocycles. The van der Waals surface area contributed by atoms with E-state index in [9.17, 15) is 9.59 Å². The first-order valence-electron chi connectivity index (χ1n) is 5.08. The molecule has 0 spiro atoms. The van der Waals surface area contributed by atoms with Crippen molar-refractivity contribution >= 4 is 11.9 Å². The van der Waals surface area contributed by atoms with Crippen LogP contribution in [0.3, 0.4) is 0 Å². The molecule has 0 aromatic rings. The molecule has 1 aliphatic rings. The Balaban J connectivity index is 2.87. The summed E-state index contributed by atoms with van der Waals surface area (Å²) in [6.07, 6.45) is 0.721. The normalized spacial score (nSPS) is 26.8. The van der Waals surface area contributed by atoms with Gasteiger partial charge >= 0.3 is 5.97 Å². The first-order chi connectivity index (χ1) is 6.75. The number of nitrogens with zero attached hydrogens (tertiary/aromatic N) is 1. The lowest BCUT2D eigenvalue weighted by Gasteiger charge is -2.29. The van der Waals surface area contributed by atoms with Crippen LogP contribution in [-0.2, 0) is 9.59 Å². The second-order valence-corrected chi connectivity index (χ2v) is 4.77. The van der Waals surface area contributed by atoms with Crippen LogP contribution in [0, 0.1) is 5.92 Å². The van der Waals surface area contributed by atoms with Crippen molar-refractivity contribution in [3.63, 3.8) is 0 Å². The van der Waals surface area contributed by atoms with E-state index in [4.69, 9.17) is 10.8 Å². The molecule has 1 rings (SSSR count). The Morgan fingerprint density at radius 2 is 2.00 bits per heavy atom. The van der Waals surface area contributed by atoms with E-state index >= 15 is 0 Å². The van der Waals surface area contributed by atoms with E-state index in [0.29, 0.717) is 6.54 Å². The summed E-state index contributed by atoms with van der Waals surface area (Å²) in [5.41, 5.74) is 4.68. The van der Waals surface area contributed by atoms with E-state index in [-0.39, 0.29) is 11.8 Å². The molecule has 0 aromatic carbocycles. The highest BCUT2D eigenvalue weighted by Crippen LogP contribution is 2.25. The van der Waals surface area contributed by atoms with Crippen LogP contribution in [0.15, 0.2) is 0 Å². The molecule has 0 saturated carbocycles. The molecular weight excluding hydrogens is 196 g/mol. The summed E-state index contributed by atoms with van der Waals surface area (Å²) in [5.74, 6) is -1.24. The minimum absolute atomic E-state index is 0.00574. The van der Waals surface area contributed by atoms with Crippen molar-refractivity contribution in [2.45, 2.75) is 38.8 Å². The predicted molar refractivity (Wildman–Crippen MR) is 55.2 cm³/mol. The third kappa shape index (κ3) is 2.28. The highest BCUT2D eigenvalue weighted by molar-refractivity contribution is 5.90. The SMILES string of the molecule is CC1CCN(C(=O)C(C)(C)N)C1C(=O)O. The van der Waals surface area contributed by atoms with Crippen LogP contribution in [0.4, 0.5) is 0 Å². The van der Waals surface area contributed by atoms with Gasteiger partial charge in [0.1, 0.15) is 6.04 Å². The number of carboxylic acids is 1. The van der Waals surface area contributed by atoms with E-state index in [1.165, 1.54) is 4.90 Å². The monoisotopic (exact) mass is 214 g/mol. The molecule has 2 atom stereocenters. The lowest BCUT2D eigenvalue weighted by molar-refractivity contribution is -0.151. The van der Waals surface area contributed by atoms with E-state index in [2.05, 4.69) is 0 Å². The maximum Gasteiger partial charge on any atom is 0.326 e. The van der Waals surface area contributed by atoms with Crippen molar-refractivity contribution in [3.05, 3.63) is 0 Å². The third-order valence-electron chi connectivity index (χ3n) is 2.77. The molecule has 0 radical (unpaired) electrons. The van der Waals surface area contributed by atoms with Crippen LogP contribution in [0.5, 0.6) is 0 Å². The van der Waals surface area contributed by atoms with Crippen molar-refractivity contribution in [2.24, 2.45) is 11.7 Å². The smallest absolute Gasteiger partial charge is 0.326 e. The molecule has 15 heavy (non-hydrogen) atoms. The van der Waals surface area contributed by atoms with E-state index in [1.807, 2.05) is 6.92 Å². The number of likely N-dealkylation sites (tertiary alicyclic amines) is 1. The fourth-order valence-corrected chi connectivity index (χ4v) is 1.92. The fourth-order valence-electron chi connectivity index (χ4n) is 1.92. The summed E-state index contributed by atoms with van der Waals surface area (Å²) in [5, 5.41) is 9.03. The molecule has 0 aliphatic carbocycles. The van der Waals surface area contributed by atoms with Crippen LogP contribution in [0.2, 0.25) is 0 Å². The Kier molecular flexibility index (Phi) is 3.04. The Hall–Kier alpha value is -1.10. The van der Waals surface area contributed by atoms with Gasteiger partial charge in [-0.1, -0.05) is 6.92 Å². The third-order valence-corrected chi connectivity index (χ3v) is 2.77. The van der Waals surface area contributed by atoms with E-state index < -0.39 is 17.6 Å². The van der Waals surface area contributed by atoms with Gasteiger partial charge in [0.2, 0.25) is 5.91 Å². The predicted octanol–water partition coefficient (Wildman–Crippen LogP) is 0.0453. The summed E-state index contributed by atoms with van der Waals surface area (Å²) in [7, 11) is 0. The largest absolute Gasteiger partial charge is 0.480 e. The molecule has 1 fully saturated rings. The summed E-state index contributed by atoms with van der Waals surface area (Å²) >= 11 is 0. The molecule has 86 valence electrons. The first kappa shape index (κ1) is 12.0. The summed E-state index contributed by atoms with van der Waals surface area (Å²) in [4.78, 5) is 24.3. The molecule has 5 heteroatoms. The van der Waals surface area contributed by atoms with Gasteiger partial charge < -0.3 is 15.7 Å². The van der Waals surface area contributed by atoms with Crippen LogP contribution in [0.25, 0.3) is 0 Å². The van der Waals surface area contributed by atoms with Gasteiger partial charge in [-0.25, -0.2) is 4.79 Å². The van der Waals surface area contributed by atoms with Crippen molar-refractivity contribution in [2.75, 3.05) is 6.54 Å². The fraction of sp³-hybridized carbons (Fsp3) is 0.800. The summed E-state index contributed by atoms with van der Waals surface area (Å²) in [6.45, 7) is 5.52. The van der Waals surface area contributed by atoms with Gasteiger partial charge in [-0.2, -0.15) is 0 Å². The number of carbonyl (C=O) groups excluding carboxylic acids is 1. The summed E-state index contributed by atoms with van der Waals surface area (Å²) in [6, 6.07) is -0.722. The van der Waals surface area contributed by atoms with Crippen LogP contribution in [0.1, 0.15) is 27.2 Å². The zero-order valence-corrected chi connectivity index (χ0v) is 9.36.